The molecule has 20 heavy (non-hydrogen) atoms. The minimum atomic E-state index is -0.877. The summed E-state index contributed by atoms with van der Waals surface area (Å²) in [4.78, 5) is 23.7. The van der Waals surface area contributed by atoms with Gasteiger partial charge < -0.3 is 14.8 Å². The summed E-state index contributed by atoms with van der Waals surface area (Å²) >= 11 is 5.84. The van der Waals surface area contributed by atoms with Gasteiger partial charge in [0.2, 0.25) is 0 Å². The second-order valence-corrected chi connectivity index (χ2v) is 4.62. The zero-order chi connectivity index (χ0) is 15.1. The highest BCUT2D eigenvalue weighted by molar-refractivity contribution is 6.31. The maximum Gasteiger partial charge on any atom is 0.342 e. The van der Waals surface area contributed by atoms with Gasteiger partial charge in [-0.05, 0) is 31.5 Å². The number of carbonyl (C=O) groups excluding carboxylic acids is 2. The third-order valence-electron chi connectivity index (χ3n) is 2.58. The Kier molecular flexibility index (Phi) is 6.31. The Morgan fingerprint density at radius 1 is 1.40 bits per heavy atom. The molecule has 1 rings (SSSR count). The Morgan fingerprint density at radius 3 is 2.70 bits per heavy atom. The number of methoxy groups -OCH3 is 1. The smallest absolute Gasteiger partial charge is 0.342 e. The summed E-state index contributed by atoms with van der Waals surface area (Å²) in [5.41, 5.74) is 0.190. The molecule has 0 aromatic heterocycles. The first kappa shape index (κ1) is 16.3. The number of rotatable bonds is 6. The van der Waals surface area contributed by atoms with Crippen molar-refractivity contribution in [2.75, 3.05) is 13.7 Å². The average molecular weight is 300 g/mol. The number of ether oxygens (including phenoxy) is 2. The fourth-order valence-corrected chi connectivity index (χ4v) is 1.68. The van der Waals surface area contributed by atoms with E-state index in [1.165, 1.54) is 20.1 Å². The molecule has 0 radical (unpaired) electrons. The predicted molar refractivity (Wildman–Crippen MR) is 76.2 cm³/mol. The highest BCUT2D eigenvalue weighted by Gasteiger charge is 2.21. The van der Waals surface area contributed by atoms with Crippen molar-refractivity contribution in [3.63, 3.8) is 0 Å². The van der Waals surface area contributed by atoms with E-state index in [2.05, 4.69) is 5.32 Å². The largest absolute Gasteiger partial charge is 0.496 e. The number of carbonyl (C=O) groups is 2. The van der Waals surface area contributed by atoms with Crippen molar-refractivity contribution in [2.24, 2.45) is 0 Å². The van der Waals surface area contributed by atoms with Crippen molar-refractivity contribution in [3.05, 3.63) is 28.8 Å². The minimum Gasteiger partial charge on any atom is -0.496 e. The molecule has 0 fully saturated rings. The SMILES string of the molecule is CCCNC(=O)[C@H](C)OC(=O)c1cc(Cl)ccc1OC. The zero-order valence-electron chi connectivity index (χ0n) is 11.7. The van der Waals surface area contributed by atoms with Crippen molar-refractivity contribution < 1.29 is 19.1 Å². The van der Waals surface area contributed by atoms with Gasteiger partial charge in [0.15, 0.2) is 6.10 Å². The second kappa shape index (κ2) is 7.75. The zero-order valence-corrected chi connectivity index (χ0v) is 12.5. The van der Waals surface area contributed by atoms with E-state index >= 15 is 0 Å². The molecular formula is C14H18ClNO4. The summed E-state index contributed by atoms with van der Waals surface area (Å²) in [5.74, 6) is -0.634. The van der Waals surface area contributed by atoms with Crippen LogP contribution in [0.15, 0.2) is 18.2 Å². The standard InChI is InChI=1S/C14H18ClNO4/c1-4-7-16-13(17)9(2)20-14(18)11-8-10(15)5-6-12(11)19-3/h5-6,8-9H,4,7H2,1-3H3,(H,16,17)/t9-/m0/s1. The number of nitrogens with one attached hydrogen (secondary N) is 1. The summed E-state index contributed by atoms with van der Waals surface area (Å²) in [6.45, 7) is 3.99. The predicted octanol–water partition coefficient (Wildman–Crippen LogP) is 2.42. The number of halogens is 1. The Bertz CT molecular complexity index is 490. The topological polar surface area (TPSA) is 64.6 Å². The van der Waals surface area contributed by atoms with Crippen LogP contribution in [0.5, 0.6) is 5.75 Å². The molecule has 110 valence electrons. The normalized spacial score (nSPS) is 11.6. The molecule has 0 aliphatic heterocycles. The maximum atomic E-state index is 12.0. The van der Waals surface area contributed by atoms with E-state index in [4.69, 9.17) is 21.1 Å². The highest BCUT2D eigenvalue weighted by Crippen LogP contribution is 2.23. The summed E-state index contributed by atoms with van der Waals surface area (Å²) in [7, 11) is 1.44. The van der Waals surface area contributed by atoms with E-state index in [0.717, 1.165) is 6.42 Å². The second-order valence-electron chi connectivity index (χ2n) is 4.18. The fourth-order valence-electron chi connectivity index (χ4n) is 1.51. The maximum absolute atomic E-state index is 12.0. The average Bonchev–Trinajstić information content (AvgIpc) is 2.44. The van der Waals surface area contributed by atoms with E-state index in [-0.39, 0.29) is 11.5 Å². The molecular weight excluding hydrogens is 282 g/mol. The van der Waals surface area contributed by atoms with E-state index in [1.807, 2.05) is 6.92 Å². The van der Waals surface area contributed by atoms with Crippen molar-refractivity contribution in [1.82, 2.24) is 5.32 Å². The molecule has 0 spiro atoms. The molecule has 1 atom stereocenters. The first-order valence-corrected chi connectivity index (χ1v) is 6.69. The molecule has 0 heterocycles. The van der Waals surface area contributed by atoms with Gasteiger partial charge in [-0.15, -0.1) is 0 Å². The van der Waals surface area contributed by atoms with E-state index in [1.54, 1.807) is 12.1 Å². The Morgan fingerprint density at radius 2 is 2.10 bits per heavy atom. The molecule has 0 unspecified atom stereocenters. The lowest BCUT2D eigenvalue weighted by Crippen LogP contribution is -2.36. The Balaban J connectivity index is 2.75. The lowest BCUT2D eigenvalue weighted by Gasteiger charge is -2.14. The van der Waals surface area contributed by atoms with Gasteiger partial charge in [-0.1, -0.05) is 18.5 Å². The summed E-state index contributed by atoms with van der Waals surface area (Å²) in [5, 5.41) is 3.05. The van der Waals surface area contributed by atoms with Crippen LogP contribution in [0.4, 0.5) is 0 Å². The number of amides is 1. The number of benzene rings is 1. The van der Waals surface area contributed by atoms with Crippen LogP contribution in [0.2, 0.25) is 5.02 Å². The molecule has 1 aromatic carbocycles. The van der Waals surface area contributed by atoms with Gasteiger partial charge in [0, 0.05) is 11.6 Å². The van der Waals surface area contributed by atoms with Crippen LogP contribution in [-0.4, -0.2) is 31.6 Å². The molecule has 6 heteroatoms. The molecule has 5 nitrogen and oxygen atoms in total. The molecule has 1 N–H and O–H groups in total. The van der Waals surface area contributed by atoms with Gasteiger partial charge in [-0.3, -0.25) is 4.79 Å². The minimum absolute atomic E-state index is 0.190. The first-order chi connectivity index (χ1) is 9.49. The van der Waals surface area contributed by atoms with Crippen LogP contribution >= 0.6 is 11.6 Å². The van der Waals surface area contributed by atoms with E-state index in [0.29, 0.717) is 17.3 Å². The molecule has 0 saturated heterocycles. The summed E-state index contributed by atoms with van der Waals surface area (Å²) in [6, 6.07) is 4.62. The van der Waals surface area contributed by atoms with Gasteiger partial charge in [0.05, 0.1) is 7.11 Å². The van der Waals surface area contributed by atoms with Gasteiger partial charge in [-0.2, -0.15) is 0 Å². The monoisotopic (exact) mass is 299 g/mol. The van der Waals surface area contributed by atoms with Gasteiger partial charge in [0.1, 0.15) is 11.3 Å². The van der Waals surface area contributed by atoms with Crippen LogP contribution in [0.25, 0.3) is 0 Å². The molecule has 0 bridgehead atoms. The first-order valence-electron chi connectivity index (χ1n) is 6.31. The number of hydrogen-bond donors (Lipinski definition) is 1. The molecule has 0 aliphatic rings. The highest BCUT2D eigenvalue weighted by atomic mass is 35.5. The Labute approximate surface area is 123 Å². The van der Waals surface area contributed by atoms with Gasteiger partial charge >= 0.3 is 5.97 Å². The van der Waals surface area contributed by atoms with E-state index < -0.39 is 12.1 Å². The fraction of sp³-hybridized carbons (Fsp3) is 0.429. The van der Waals surface area contributed by atoms with Crippen LogP contribution in [0.1, 0.15) is 30.6 Å². The Hall–Kier alpha value is -1.75. The van der Waals surface area contributed by atoms with Crippen molar-refractivity contribution >= 4 is 23.5 Å². The van der Waals surface area contributed by atoms with Crippen molar-refractivity contribution in [1.29, 1.82) is 0 Å². The summed E-state index contributed by atoms with van der Waals surface area (Å²) in [6.07, 6.45) is -0.0631. The van der Waals surface area contributed by atoms with Crippen LogP contribution < -0.4 is 10.1 Å². The summed E-state index contributed by atoms with van der Waals surface area (Å²) < 4.78 is 10.2. The van der Waals surface area contributed by atoms with Gasteiger partial charge in [-0.25, -0.2) is 4.79 Å². The third-order valence-corrected chi connectivity index (χ3v) is 2.82. The van der Waals surface area contributed by atoms with Crippen LogP contribution in [0, 0.1) is 0 Å². The van der Waals surface area contributed by atoms with Crippen molar-refractivity contribution in [2.45, 2.75) is 26.4 Å². The lowest BCUT2D eigenvalue weighted by molar-refractivity contribution is -0.129. The van der Waals surface area contributed by atoms with Crippen LogP contribution in [-0.2, 0) is 9.53 Å². The van der Waals surface area contributed by atoms with Crippen LogP contribution in [0.3, 0.4) is 0 Å². The molecule has 0 aliphatic carbocycles. The van der Waals surface area contributed by atoms with Gasteiger partial charge in [0.25, 0.3) is 5.91 Å². The number of esters is 1. The molecule has 1 amide bonds. The van der Waals surface area contributed by atoms with Crippen molar-refractivity contribution in [3.8, 4) is 5.75 Å². The lowest BCUT2D eigenvalue weighted by atomic mass is 10.2. The third kappa shape index (κ3) is 4.42. The number of hydrogen-bond acceptors (Lipinski definition) is 4. The quantitative estimate of drug-likeness (QED) is 0.819. The molecule has 1 aromatic rings. The van der Waals surface area contributed by atoms with E-state index in [9.17, 15) is 9.59 Å². The molecule has 0 saturated carbocycles.